The molecular formula is C20H19ClO3. The van der Waals surface area contributed by atoms with Crippen LogP contribution in [0.4, 0.5) is 0 Å². The number of halogens is 1. The van der Waals surface area contributed by atoms with E-state index in [0.717, 1.165) is 17.7 Å². The van der Waals surface area contributed by atoms with Crippen LogP contribution in [0.15, 0.2) is 45.6 Å². The molecule has 0 aliphatic heterocycles. The standard InChI is InChI=1S/C20H19ClO3/c1-4-11-23-17-10-9-15-19(22)18(13(3)24-20(15)12(17)2)14-7-5-6-8-16(14)21/h5-10H,4,11H2,1-3H3. The summed E-state index contributed by atoms with van der Waals surface area (Å²) in [5.74, 6) is 1.30. The zero-order valence-electron chi connectivity index (χ0n) is 14.0. The van der Waals surface area contributed by atoms with Gasteiger partial charge in [-0.2, -0.15) is 0 Å². The molecule has 0 atom stereocenters. The van der Waals surface area contributed by atoms with Crippen molar-refractivity contribution in [1.29, 1.82) is 0 Å². The monoisotopic (exact) mass is 342 g/mol. The summed E-state index contributed by atoms with van der Waals surface area (Å²) < 4.78 is 11.7. The minimum atomic E-state index is -0.0769. The van der Waals surface area contributed by atoms with E-state index in [0.29, 0.717) is 39.5 Å². The smallest absolute Gasteiger partial charge is 0.200 e. The van der Waals surface area contributed by atoms with E-state index in [1.807, 2.05) is 31.2 Å². The van der Waals surface area contributed by atoms with Crippen LogP contribution in [0.1, 0.15) is 24.7 Å². The molecule has 3 rings (SSSR count). The van der Waals surface area contributed by atoms with Crippen LogP contribution in [0.2, 0.25) is 5.02 Å². The molecular weight excluding hydrogens is 324 g/mol. The van der Waals surface area contributed by atoms with Crippen LogP contribution >= 0.6 is 11.6 Å². The van der Waals surface area contributed by atoms with E-state index in [4.69, 9.17) is 20.8 Å². The van der Waals surface area contributed by atoms with Gasteiger partial charge in [0.05, 0.1) is 17.6 Å². The Bertz CT molecular complexity index is 957. The van der Waals surface area contributed by atoms with E-state index in [2.05, 4.69) is 6.92 Å². The fraction of sp³-hybridized carbons (Fsp3) is 0.250. The lowest BCUT2D eigenvalue weighted by Crippen LogP contribution is -2.09. The molecule has 3 aromatic rings. The molecule has 0 radical (unpaired) electrons. The summed E-state index contributed by atoms with van der Waals surface area (Å²) in [5, 5.41) is 1.07. The average molecular weight is 343 g/mol. The van der Waals surface area contributed by atoms with Crippen molar-refractivity contribution < 1.29 is 9.15 Å². The molecule has 0 fully saturated rings. The quantitative estimate of drug-likeness (QED) is 0.626. The van der Waals surface area contributed by atoms with Gasteiger partial charge in [-0.3, -0.25) is 4.79 Å². The van der Waals surface area contributed by atoms with Crippen LogP contribution < -0.4 is 10.2 Å². The van der Waals surface area contributed by atoms with Crippen molar-refractivity contribution in [3.8, 4) is 16.9 Å². The summed E-state index contributed by atoms with van der Waals surface area (Å²) in [7, 11) is 0. The van der Waals surface area contributed by atoms with Gasteiger partial charge in [0.15, 0.2) is 0 Å². The number of rotatable bonds is 4. The van der Waals surface area contributed by atoms with Crippen molar-refractivity contribution in [2.24, 2.45) is 0 Å². The Balaban J connectivity index is 2.26. The molecule has 4 heteroatoms. The number of benzene rings is 2. The summed E-state index contributed by atoms with van der Waals surface area (Å²) in [6, 6.07) is 10.9. The molecule has 0 saturated heterocycles. The number of aryl methyl sites for hydroxylation is 2. The van der Waals surface area contributed by atoms with Crippen LogP contribution in [0, 0.1) is 13.8 Å². The van der Waals surface area contributed by atoms with Gasteiger partial charge >= 0.3 is 0 Å². The lowest BCUT2D eigenvalue weighted by molar-refractivity contribution is 0.315. The third-order valence-corrected chi connectivity index (χ3v) is 4.37. The first-order valence-corrected chi connectivity index (χ1v) is 8.37. The maximum Gasteiger partial charge on any atom is 0.200 e. The molecule has 1 aromatic heterocycles. The second kappa shape index (κ2) is 6.70. The maximum absolute atomic E-state index is 13.0. The minimum Gasteiger partial charge on any atom is -0.493 e. The lowest BCUT2D eigenvalue weighted by atomic mass is 10.0. The SMILES string of the molecule is CCCOc1ccc2c(=O)c(-c3ccccc3Cl)c(C)oc2c1C. The van der Waals surface area contributed by atoms with Gasteiger partial charge in [0, 0.05) is 16.1 Å². The Kier molecular flexibility index (Phi) is 4.63. The van der Waals surface area contributed by atoms with Gasteiger partial charge in [-0.25, -0.2) is 0 Å². The highest BCUT2D eigenvalue weighted by atomic mass is 35.5. The molecule has 124 valence electrons. The molecule has 2 aromatic carbocycles. The maximum atomic E-state index is 13.0. The van der Waals surface area contributed by atoms with E-state index in [-0.39, 0.29) is 5.43 Å². The second-order valence-corrected chi connectivity index (χ2v) is 6.16. The number of fused-ring (bicyclic) bond motifs is 1. The zero-order valence-corrected chi connectivity index (χ0v) is 14.7. The van der Waals surface area contributed by atoms with E-state index in [9.17, 15) is 4.79 Å². The molecule has 0 saturated carbocycles. The Morgan fingerprint density at radius 3 is 2.58 bits per heavy atom. The molecule has 0 aliphatic rings. The van der Waals surface area contributed by atoms with Crippen LogP contribution in [0.25, 0.3) is 22.1 Å². The highest BCUT2D eigenvalue weighted by molar-refractivity contribution is 6.33. The van der Waals surface area contributed by atoms with Crippen LogP contribution in [0.3, 0.4) is 0 Å². The highest BCUT2D eigenvalue weighted by Crippen LogP contribution is 2.32. The van der Waals surface area contributed by atoms with Gasteiger partial charge in [-0.1, -0.05) is 36.7 Å². The van der Waals surface area contributed by atoms with Gasteiger partial charge in [0.25, 0.3) is 0 Å². The van der Waals surface area contributed by atoms with Gasteiger partial charge in [0.2, 0.25) is 5.43 Å². The summed E-state index contributed by atoms with van der Waals surface area (Å²) in [6.07, 6.45) is 0.923. The number of hydrogen-bond acceptors (Lipinski definition) is 3. The Hall–Kier alpha value is -2.26. The van der Waals surface area contributed by atoms with Crippen molar-refractivity contribution in [1.82, 2.24) is 0 Å². The normalized spacial score (nSPS) is 11.0. The van der Waals surface area contributed by atoms with E-state index in [1.165, 1.54) is 0 Å². The molecule has 0 unspecified atom stereocenters. The number of ether oxygens (including phenoxy) is 1. The molecule has 0 N–H and O–H groups in total. The summed E-state index contributed by atoms with van der Waals surface area (Å²) in [4.78, 5) is 13.0. The fourth-order valence-electron chi connectivity index (χ4n) is 2.83. The summed E-state index contributed by atoms with van der Waals surface area (Å²) in [6.45, 7) is 6.38. The summed E-state index contributed by atoms with van der Waals surface area (Å²) >= 11 is 6.27. The topological polar surface area (TPSA) is 39.4 Å². The summed E-state index contributed by atoms with van der Waals surface area (Å²) in [5.41, 5.74) is 2.53. The highest BCUT2D eigenvalue weighted by Gasteiger charge is 2.18. The Labute approximate surface area is 145 Å². The van der Waals surface area contributed by atoms with Gasteiger partial charge in [-0.05, 0) is 38.5 Å². The average Bonchev–Trinajstić information content (AvgIpc) is 2.56. The van der Waals surface area contributed by atoms with Gasteiger partial charge < -0.3 is 9.15 Å². The number of hydrogen-bond donors (Lipinski definition) is 0. The van der Waals surface area contributed by atoms with E-state index in [1.54, 1.807) is 19.1 Å². The van der Waals surface area contributed by atoms with Crippen molar-refractivity contribution in [2.45, 2.75) is 27.2 Å². The van der Waals surface area contributed by atoms with Gasteiger partial charge in [-0.15, -0.1) is 0 Å². The molecule has 0 spiro atoms. The molecule has 0 aliphatic carbocycles. The van der Waals surface area contributed by atoms with Crippen molar-refractivity contribution in [2.75, 3.05) is 6.61 Å². The fourth-order valence-corrected chi connectivity index (χ4v) is 3.06. The molecule has 24 heavy (non-hydrogen) atoms. The van der Waals surface area contributed by atoms with Crippen molar-refractivity contribution >= 4 is 22.6 Å². The first-order chi connectivity index (χ1) is 11.5. The first kappa shape index (κ1) is 16.6. The molecule has 3 nitrogen and oxygen atoms in total. The predicted molar refractivity (Wildman–Crippen MR) is 98.2 cm³/mol. The molecule has 0 amide bonds. The third-order valence-electron chi connectivity index (χ3n) is 4.04. The largest absolute Gasteiger partial charge is 0.493 e. The van der Waals surface area contributed by atoms with Crippen LogP contribution in [-0.2, 0) is 0 Å². The Morgan fingerprint density at radius 2 is 1.88 bits per heavy atom. The van der Waals surface area contributed by atoms with Crippen LogP contribution in [-0.4, -0.2) is 6.61 Å². The molecule has 1 heterocycles. The van der Waals surface area contributed by atoms with Crippen LogP contribution in [0.5, 0.6) is 5.75 Å². The first-order valence-electron chi connectivity index (χ1n) is 7.99. The van der Waals surface area contributed by atoms with Gasteiger partial charge in [0.1, 0.15) is 17.1 Å². The predicted octanol–water partition coefficient (Wildman–Crippen LogP) is 5.52. The lowest BCUT2D eigenvalue weighted by Gasteiger charge is -2.13. The second-order valence-electron chi connectivity index (χ2n) is 5.76. The van der Waals surface area contributed by atoms with E-state index < -0.39 is 0 Å². The van der Waals surface area contributed by atoms with E-state index >= 15 is 0 Å². The van der Waals surface area contributed by atoms with Crippen molar-refractivity contribution in [3.05, 3.63) is 63.0 Å². The zero-order chi connectivity index (χ0) is 17.3. The Morgan fingerprint density at radius 1 is 1.12 bits per heavy atom. The van der Waals surface area contributed by atoms with Crippen molar-refractivity contribution in [3.63, 3.8) is 0 Å². The minimum absolute atomic E-state index is 0.0769. The molecule has 0 bridgehead atoms. The third kappa shape index (κ3) is 2.80.